The first-order valence-electron chi connectivity index (χ1n) is 9.92. The fourth-order valence-corrected chi connectivity index (χ4v) is 12.4. The number of carbonyl (C=O) groups excluding carboxylic acids is 2. The fourth-order valence-electron chi connectivity index (χ4n) is 3.66. The van der Waals surface area contributed by atoms with Crippen molar-refractivity contribution in [3.63, 3.8) is 0 Å². The summed E-state index contributed by atoms with van der Waals surface area (Å²) in [5, 5.41) is 5.28. The van der Waals surface area contributed by atoms with E-state index in [9.17, 15) is 9.59 Å². The summed E-state index contributed by atoms with van der Waals surface area (Å²) in [4.78, 5) is 21.4. The summed E-state index contributed by atoms with van der Waals surface area (Å²) < 4.78 is 13.7. The number of benzene rings is 2. The van der Waals surface area contributed by atoms with Crippen molar-refractivity contribution in [2.24, 2.45) is 0 Å². The topological polar surface area (TPSA) is 76.7 Å². The molecule has 2 aliphatic rings. The van der Waals surface area contributed by atoms with Crippen molar-refractivity contribution in [2.45, 2.75) is 7.25 Å². The van der Waals surface area contributed by atoms with E-state index in [-0.39, 0.29) is 7.25 Å². The first-order valence-corrected chi connectivity index (χ1v) is 14.8. The van der Waals surface area contributed by atoms with Gasteiger partial charge in [0.15, 0.2) is 0 Å². The molecule has 31 heavy (non-hydrogen) atoms. The first kappa shape index (κ1) is 21.1. The molecule has 0 fully saturated rings. The molecule has 0 bridgehead atoms. The molecule has 0 heterocycles. The van der Waals surface area contributed by atoms with Crippen LogP contribution in [0.25, 0.3) is 0 Å². The molecule has 0 spiro atoms. The zero-order valence-electron chi connectivity index (χ0n) is 16.7. The molecule has 0 saturated carbocycles. The molecule has 0 saturated heterocycles. The summed E-state index contributed by atoms with van der Waals surface area (Å²) >= 11 is -4.00. The third-order valence-electron chi connectivity index (χ3n) is 5.14. The number of carbonyl (C=O) groups is 2. The second-order valence-electron chi connectivity index (χ2n) is 7.09. The van der Waals surface area contributed by atoms with Crippen LogP contribution in [-0.4, -0.2) is 12.8 Å². The van der Waals surface area contributed by atoms with Crippen LogP contribution in [0.15, 0.2) is 97.1 Å². The van der Waals surface area contributed by atoms with Gasteiger partial charge < -0.3 is 0 Å². The van der Waals surface area contributed by atoms with Gasteiger partial charge in [-0.2, -0.15) is 0 Å². The van der Waals surface area contributed by atoms with Crippen molar-refractivity contribution in [1.29, 1.82) is 0 Å². The Morgan fingerprint density at radius 3 is 1.29 bits per heavy atom. The molecular weight excluding hydrogens is 471 g/mol. The number of anilines is 2. The second kappa shape index (κ2) is 9.75. The van der Waals surface area contributed by atoms with Crippen molar-refractivity contribution in [3.05, 3.63) is 97.1 Å². The standard InChI is InChI=1S/2C7H7NO2.2C5H5.Zr/c2*9-5-8-6-1-3-7(10)4-2-6;2*1-2-4-5-3-1;/h2*1-5,10H,(H,8,9);2*1-5H;/q;;;;+2/p-2. The Morgan fingerprint density at radius 2 is 0.968 bits per heavy atom. The number of nitrogens with one attached hydrogen (secondary N) is 2. The van der Waals surface area contributed by atoms with Crippen LogP contribution in [0.5, 0.6) is 11.5 Å². The van der Waals surface area contributed by atoms with E-state index in [0.29, 0.717) is 35.7 Å². The van der Waals surface area contributed by atoms with Crippen LogP contribution in [0.3, 0.4) is 0 Å². The van der Waals surface area contributed by atoms with Gasteiger partial charge in [-0.15, -0.1) is 0 Å². The minimum atomic E-state index is -4.00. The zero-order valence-corrected chi connectivity index (χ0v) is 19.1. The average Bonchev–Trinajstić information content (AvgIpc) is 3.51. The van der Waals surface area contributed by atoms with E-state index in [2.05, 4.69) is 34.9 Å². The maximum atomic E-state index is 10.7. The van der Waals surface area contributed by atoms with Crippen LogP contribution in [0, 0.1) is 0 Å². The Kier molecular flexibility index (Phi) is 6.63. The van der Waals surface area contributed by atoms with Gasteiger partial charge in [-0.3, -0.25) is 0 Å². The van der Waals surface area contributed by atoms with Gasteiger partial charge in [-0.05, 0) is 0 Å². The molecule has 0 unspecified atom stereocenters. The molecule has 0 aliphatic heterocycles. The SMILES string of the molecule is O=CNc1ccc([O][Zr]([O]c2ccc(NC=O)cc2)([CH]2C=CC=C2)[CH]2C=CC=C2)cc1. The van der Waals surface area contributed by atoms with Crippen LogP contribution in [0.4, 0.5) is 11.4 Å². The maximum absolute atomic E-state index is 10.7. The van der Waals surface area contributed by atoms with Gasteiger partial charge in [0, 0.05) is 0 Å². The van der Waals surface area contributed by atoms with Crippen LogP contribution < -0.4 is 16.3 Å². The van der Waals surface area contributed by atoms with E-state index in [1.807, 2.05) is 48.6 Å². The van der Waals surface area contributed by atoms with E-state index in [1.165, 1.54) is 0 Å². The number of hydrogen-bond acceptors (Lipinski definition) is 4. The van der Waals surface area contributed by atoms with Gasteiger partial charge in [-0.25, -0.2) is 0 Å². The summed E-state index contributed by atoms with van der Waals surface area (Å²) in [5.41, 5.74) is 1.40. The molecule has 0 atom stereocenters. The third-order valence-corrected chi connectivity index (χ3v) is 14.3. The molecule has 0 radical (unpaired) electrons. The Balaban J connectivity index is 1.70. The molecule has 2 aromatic carbocycles. The van der Waals surface area contributed by atoms with Gasteiger partial charge in [0.25, 0.3) is 0 Å². The van der Waals surface area contributed by atoms with Gasteiger partial charge in [0.1, 0.15) is 0 Å². The average molecular weight is 494 g/mol. The first-order chi connectivity index (χ1) is 15.2. The van der Waals surface area contributed by atoms with E-state index in [1.54, 1.807) is 24.3 Å². The van der Waals surface area contributed by atoms with Crippen molar-refractivity contribution in [2.75, 3.05) is 10.6 Å². The van der Waals surface area contributed by atoms with E-state index in [0.717, 1.165) is 0 Å². The molecular formula is C24H22N2O4Zr. The summed E-state index contributed by atoms with van der Waals surface area (Å²) in [6, 6.07) is 14.6. The summed E-state index contributed by atoms with van der Waals surface area (Å²) in [7, 11) is 0. The summed E-state index contributed by atoms with van der Waals surface area (Å²) in [5.74, 6) is 1.41. The van der Waals surface area contributed by atoms with E-state index in [4.69, 9.17) is 5.63 Å². The number of rotatable bonds is 10. The Bertz CT molecular complexity index is 933. The van der Waals surface area contributed by atoms with Crippen molar-refractivity contribution >= 4 is 24.2 Å². The van der Waals surface area contributed by atoms with Crippen LogP contribution >= 0.6 is 0 Å². The Labute approximate surface area is 186 Å². The predicted octanol–water partition coefficient (Wildman–Crippen LogP) is 5.09. The molecule has 2 aromatic rings. The Morgan fingerprint density at radius 1 is 0.613 bits per heavy atom. The number of amides is 2. The molecule has 4 rings (SSSR count). The quantitative estimate of drug-likeness (QED) is 0.452. The van der Waals surface area contributed by atoms with Gasteiger partial charge in [0.05, 0.1) is 0 Å². The number of hydrogen-bond donors (Lipinski definition) is 2. The van der Waals surface area contributed by atoms with Crippen molar-refractivity contribution in [1.82, 2.24) is 0 Å². The van der Waals surface area contributed by atoms with Gasteiger partial charge in [0.2, 0.25) is 0 Å². The second-order valence-corrected chi connectivity index (χ2v) is 14.9. The Hall–Kier alpha value is -3.18. The molecule has 2 amide bonds. The van der Waals surface area contributed by atoms with Crippen LogP contribution in [0.1, 0.15) is 0 Å². The minimum absolute atomic E-state index is 0.0623. The van der Waals surface area contributed by atoms with Crippen molar-refractivity contribution in [3.8, 4) is 11.5 Å². The van der Waals surface area contributed by atoms with Gasteiger partial charge >= 0.3 is 187 Å². The monoisotopic (exact) mass is 492 g/mol. The molecule has 156 valence electrons. The molecule has 0 aromatic heterocycles. The third kappa shape index (κ3) is 4.78. The van der Waals surface area contributed by atoms with Crippen LogP contribution in [-0.2, 0) is 30.7 Å². The molecule has 2 N–H and O–H groups in total. The van der Waals surface area contributed by atoms with Gasteiger partial charge in [-0.1, -0.05) is 0 Å². The van der Waals surface area contributed by atoms with Crippen molar-refractivity contribution < 1.29 is 36.4 Å². The van der Waals surface area contributed by atoms with E-state index < -0.39 is 21.1 Å². The predicted molar refractivity (Wildman–Crippen MR) is 118 cm³/mol. The molecule has 6 nitrogen and oxygen atoms in total. The van der Waals surface area contributed by atoms with Crippen LogP contribution in [0.2, 0.25) is 7.25 Å². The fraction of sp³-hybridized carbons (Fsp3) is 0.0833. The summed E-state index contributed by atoms with van der Waals surface area (Å²) in [6.45, 7) is 0. The molecule has 2 aliphatic carbocycles. The normalized spacial score (nSPS) is 15.2. The summed E-state index contributed by atoms with van der Waals surface area (Å²) in [6.07, 6.45) is 18.0. The zero-order chi connectivity index (χ0) is 21.5. The number of allylic oxidation sites excluding steroid dienone is 8. The molecule has 7 heteroatoms. The van der Waals surface area contributed by atoms with E-state index >= 15 is 0 Å².